The molecule has 0 bridgehead atoms. The van der Waals surface area contributed by atoms with Crippen LogP contribution in [0.3, 0.4) is 0 Å². The number of anilines is 2. The van der Waals surface area contributed by atoms with E-state index in [1.54, 1.807) is 0 Å². The molecule has 0 radical (unpaired) electrons. The Morgan fingerprint density at radius 2 is 2.00 bits per heavy atom. The molecule has 1 fully saturated rings. The maximum absolute atomic E-state index is 5.98. The Balaban J connectivity index is 2.25. The molecule has 2 N–H and O–H groups in total. The van der Waals surface area contributed by atoms with E-state index in [0.29, 0.717) is 6.04 Å². The lowest BCUT2D eigenvalue weighted by Gasteiger charge is -2.25. The van der Waals surface area contributed by atoms with Crippen LogP contribution in [0.5, 0.6) is 5.75 Å². The van der Waals surface area contributed by atoms with Crippen molar-refractivity contribution in [2.75, 3.05) is 17.2 Å². The highest BCUT2D eigenvalue weighted by Crippen LogP contribution is 2.33. The summed E-state index contributed by atoms with van der Waals surface area (Å²) in [6, 6.07) is 6.62. The number of rotatable bonds is 3. The maximum atomic E-state index is 5.98. The summed E-state index contributed by atoms with van der Waals surface area (Å²) in [5.74, 6) is 1.61. The molecule has 1 aromatic rings. The van der Waals surface area contributed by atoms with E-state index in [0.717, 1.165) is 23.9 Å². The largest absolute Gasteiger partial charge is 0.491 e. The van der Waals surface area contributed by atoms with Crippen LogP contribution in [0.2, 0.25) is 0 Å². The molecule has 2 unspecified atom stereocenters. The molecule has 0 aromatic heterocycles. The fourth-order valence-corrected chi connectivity index (χ4v) is 2.77. The van der Waals surface area contributed by atoms with Gasteiger partial charge in [-0.1, -0.05) is 6.92 Å². The van der Waals surface area contributed by atoms with Gasteiger partial charge in [-0.15, -0.1) is 0 Å². The van der Waals surface area contributed by atoms with Crippen molar-refractivity contribution >= 4 is 11.4 Å². The SMILES string of the molecule is CC1CC(C)N(c2cc(N)cc(OC(C)C)c2)C1. The maximum Gasteiger partial charge on any atom is 0.123 e. The number of hydrogen-bond donors (Lipinski definition) is 1. The van der Waals surface area contributed by atoms with E-state index < -0.39 is 0 Å². The molecule has 1 aliphatic heterocycles. The summed E-state index contributed by atoms with van der Waals surface area (Å²) in [6.45, 7) is 9.74. The van der Waals surface area contributed by atoms with E-state index in [1.807, 2.05) is 26.0 Å². The van der Waals surface area contributed by atoms with Crippen molar-refractivity contribution < 1.29 is 4.74 Å². The zero-order valence-electron chi connectivity index (χ0n) is 11.8. The summed E-state index contributed by atoms with van der Waals surface area (Å²) in [4.78, 5) is 2.42. The summed E-state index contributed by atoms with van der Waals surface area (Å²) >= 11 is 0. The van der Waals surface area contributed by atoms with Crippen LogP contribution in [0.25, 0.3) is 0 Å². The molecule has 2 atom stereocenters. The molecule has 100 valence electrons. The molecule has 1 aliphatic rings. The van der Waals surface area contributed by atoms with Gasteiger partial charge in [0.25, 0.3) is 0 Å². The van der Waals surface area contributed by atoms with Crippen LogP contribution >= 0.6 is 0 Å². The second-order valence-electron chi connectivity index (χ2n) is 5.77. The van der Waals surface area contributed by atoms with Crippen LogP contribution in [0.1, 0.15) is 34.1 Å². The van der Waals surface area contributed by atoms with Gasteiger partial charge in [-0.05, 0) is 39.2 Å². The fourth-order valence-electron chi connectivity index (χ4n) is 2.77. The molecule has 3 heteroatoms. The van der Waals surface area contributed by atoms with Gasteiger partial charge < -0.3 is 15.4 Å². The first-order valence-electron chi connectivity index (χ1n) is 6.79. The summed E-state index contributed by atoms with van der Waals surface area (Å²) in [7, 11) is 0. The number of hydrogen-bond acceptors (Lipinski definition) is 3. The highest BCUT2D eigenvalue weighted by atomic mass is 16.5. The quantitative estimate of drug-likeness (QED) is 0.834. The minimum atomic E-state index is 0.176. The molecular weight excluding hydrogens is 224 g/mol. The van der Waals surface area contributed by atoms with Crippen LogP contribution in [-0.2, 0) is 0 Å². The minimum absolute atomic E-state index is 0.176. The third-order valence-electron chi connectivity index (χ3n) is 3.40. The van der Waals surface area contributed by atoms with E-state index in [-0.39, 0.29) is 6.10 Å². The second-order valence-corrected chi connectivity index (χ2v) is 5.77. The van der Waals surface area contributed by atoms with Gasteiger partial charge in [-0.2, -0.15) is 0 Å². The zero-order chi connectivity index (χ0) is 13.3. The van der Waals surface area contributed by atoms with Crippen molar-refractivity contribution in [1.29, 1.82) is 0 Å². The minimum Gasteiger partial charge on any atom is -0.491 e. The number of nitrogens with two attached hydrogens (primary N) is 1. The molecule has 0 amide bonds. The summed E-state index contributed by atoms with van der Waals surface area (Å²) in [6.07, 6.45) is 1.42. The lowest BCUT2D eigenvalue weighted by molar-refractivity contribution is 0.242. The van der Waals surface area contributed by atoms with Crippen LogP contribution < -0.4 is 15.4 Å². The van der Waals surface area contributed by atoms with E-state index in [4.69, 9.17) is 10.5 Å². The molecule has 3 nitrogen and oxygen atoms in total. The van der Waals surface area contributed by atoms with Crippen molar-refractivity contribution in [3.05, 3.63) is 18.2 Å². The molecule has 18 heavy (non-hydrogen) atoms. The molecule has 1 aromatic carbocycles. The van der Waals surface area contributed by atoms with Gasteiger partial charge in [0.05, 0.1) is 6.10 Å². The van der Waals surface area contributed by atoms with Crippen molar-refractivity contribution in [1.82, 2.24) is 0 Å². The lowest BCUT2D eigenvalue weighted by Crippen LogP contribution is -2.26. The van der Waals surface area contributed by atoms with E-state index in [2.05, 4.69) is 24.8 Å². The number of nitrogen functional groups attached to an aromatic ring is 1. The molecule has 0 spiro atoms. The highest BCUT2D eigenvalue weighted by Gasteiger charge is 2.26. The van der Waals surface area contributed by atoms with Crippen LogP contribution in [0, 0.1) is 5.92 Å². The Kier molecular flexibility index (Phi) is 3.69. The van der Waals surface area contributed by atoms with Gasteiger partial charge in [0.2, 0.25) is 0 Å². The molecular formula is C15H24N2O. The molecule has 0 saturated carbocycles. The summed E-state index contributed by atoms with van der Waals surface area (Å²) in [5, 5.41) is 0. The predicted molar refractivity (Wildman–Crippen MR) is 77.2 cm³/mol. The van der Waals surface area contributed by atoms with Crippen molar-refractivity contribution in [3.63, 3.8) is 0 Å². The Morgan fingerprint density at radius 3 is 2.56 bits per heavy atom. The van der Waals surface area contributed by atoms with Crippen LogP contribution in [0.4, 0.5) is 11.4 Å². The third-order valence-corrected chi connectivity index (χ3v) is 3.40. The highest BCUT2D eigenvalue weighted by molar-refractivity contribution is 5.61. The van der Waals surface area contributed by atoms with Gasteiger partial charge in [0.1, 0.15) is 5.75 Å². The second kappa shape index (κ2) is 5.09. The smallest absolute Gasteiger partial charge is 0.123 e. The first-order chi connectivity index (χ1) is 8.45. The predicted octanol–water partition coefficient (Wildman–Crippen LogP) is 3.29. The summed E-state index contributed by atoms with van der Waals surface area (Å²) < 4.78 is 5.75. The average Bonchev–Trinajstić information content (AvgIpc) is 2.55. The van der Waals surface area contributed by atoms with Crippen molar-refractivity contribution in [2.45, 2.75) is 46.3 Å². The number of benzene rings is 1. The van der Waals surface area contributed by atoms with Gasteiger partial charge in [0, 0.05) is 36.1 Å². The Bertz CT molecular complexity index is 417. The number of ether oxygens (including phenoxy) is 1. The molecule has 1 saturated heterocycles. The third kappa shape index (κ3) is 2.89. The van der Waals surface area contributed by atoms with Crippen LogP contribution in [0.15, 0.2) is 18.2 Å². The van der Waals surface area contributed by atoms with Crippen LogP contribution in [-0.4, -0.2) is 18.7 Å². The van der Waals surface area contributed by atoms with Gasteiger partial charge >= 0.3 is 0 Å². The average molecular weight is 248 g/mol. The van der Waals surface area contributed by atoms with Crippen molar-refractivity contribution in [2.24, 2.45) is 5.92 Å². The van der Waals surface area contributed by atoms with Gasteiger partial charge in [-0.25, -0.2) is 0 Å². The van der Waals surface area contributed by atoms with E-state index in [1.165, 1.54) is 12.1 Å². The Labute approximate surface area is 110 Å². The fraction of sp³-hybridized carbons (Fsp3) is 0.600. The standard InChI is InChI=1S/C15H24N2O/c1-10(2)18-15-7-13(16)6-14(8-15)17-9-11(3)5-12(17)4/h6-8,10-12H,5,9,16H2,1-4H3. The Morgan fingerprint density at radius 1 is 1.28 bits per heavy atom. The topological polar surface area (TPSA) is 38.5 Å². The van der Waals surface area contributed by atoms with E-state index >= 15 is 0 Å². The lowest BCUT2D eigenvalue weighted by atomic mass is 10.1. The molecule has 0 aliphatic carbocycles. The summed E-state index contributed by atoms with van der Waals surface area (Å²) in [5.41, 5.74) is 7.93. The van der Waals surface area contributed by atoms with Gasteiger partial charge in [-0.3, -0.25) is 0 Å². The van der Waals surface area contributed by atoms with Gasteiger partial charge in [0.15, 0.2) is 0 Å². The normalized spacial score (nSPS) is 23.7. The van der Waals surface area contributed by atoms with Crippen molar-refractivity contribution in [3.8, 4) is 5.75 Å². The monoisotopic (exact) mass is 248 g/mol. The molecule has 1 heterocycles. The number of nitrogens with zero attached hydrogens (tertiary/aromatic N) is 1. The first kappa shape index (κ1) is 13.1. The first-order valence-corrected chi connectivity index (χ1v) is 6.79. The van der Waals surface area contributed by atoms with E-state index in [9.17, 15) is 0 Å². The molecule has 2 rings (SSSR count). The Hall–Kier alpha value is -1.38. The zero-order valence-corrected chi connectivity index (χ0v) is 11.8.